The van der Waals surface area contributed by atoms with Gasteiger partial charge in [-0.25, -0.2) is 13.1 Å². The van der Waals surface area contributed by atoms with Crippen LogP contribution in [0.3, 0.4) is 0 Å². The fourth-order valence-electron chi connectivity index (χ4n) is 2.99. The first kappa shape index (κ1) is 16.3. The minimum absolute atomic E-state index is 0.129. The maximum Gasteiger partial charge on any atom is 0.240 e. The van der Waals surface area contributed by atoms with Crippen molar-refractivity contribution in [3.63, 3.8) is 0 Å². The van der Waals surface area contributed by atoms with Crippen molar-refractivity contribution in [3.8, 4) is 0 Å². The SMILES string of the molecule is Cc1ccc(N)cc1S(=O)(=O)NCC1CCCCC1CO. The van der Waals surface area contributed by atoms with Crippen molar-refractivity contribution >= 4 is 15.7 Å². The second-order valence-electron chi connectivity index (χ2n) is 5.86. The van der Waals surface area contributed by atoms with Gasteiger partial charge >= 0.3 is 0 Å². The maximum absolute atomic E-state index is 12.4. The Labute approximate surface area is 126 Å². The van der Waals surface area contributed by atoms with Crippen LogP contribution in [-0.4, -0.2) is 26.7 Å². The van der Waals surface area contributed by atoms with Crippen LogP contribution in [0.15, 0.2) is 23.1 Å². The third kappa shape index (κ3) is 3.96. The molecule has 1 saturated carbocycles. The van der Waals surface area contributed by atoms with Crippen LogP contribution in [0.5, 0.6) is 0 Å². The second kappa shape index (κ2) is 6.77. The molecule has 2 rings (SSSR count). The zero-order valence-electron chi connectivity index (χ0n) is 12.4. The summed E-state index contributed by atoms with van der Waals surface area (Å²) in [7, 11) is -3.56. The largest absolute Gasteiger partial charge is 0.399 e. The molecule has 4 N–H and O–H groups in total. The quantitative estimate of drug-likeness (QED) is 0.721. The standard InChI is InChI=1S/C15H24N2O3S/c1-11-6-7-14(16)8-15(11)21(19,20)17-9-12-4-2-3-5-13(12)10-18/h6-8,12-13,17-18H,2-5,9-10,16H2,1H3. The maximum atomic E-state index is 12.4. The Balaban J connectivity index is 2.09. The van der Waals surface area contributed by atoms with Gasteiger partial charge in [-0.3, -0.25) is 0 Å². The van der Waals surface area contributed by atoms with E-state index >= 15 is 0 Å². The molecule has 118 valence electrons. The number of benzene rings is 1. The lowest BCUT2D eigenvalue weighted by Gasteiger charge is -2.30. The third-order valence-electron chi connectivity index (χ3n) is 4.34. The lowest BCUT2D eigenvalue weighted by Crippen LogP contribution is -2.35. The molecule has 0 aromatic heterocycles. The first-order chi connectivity index (χ1) is 9.94. The van der Waals surface area contributed by atoms with Crippen molar-refractivity contribution in [2.24, 2.45) is 11.8 Å². The molecule has 1 aromatic carbocycles. The van der Waals surface area contributed by atoms with Gasteiger partial charge in [0.15, 0.2) is 0 Å². The number of sulfonamides is 1. The minimum atomic E-state index is -3.56. The van der Waals surface area contributed by atoms with E-state index in [0.717, 1.165) is 25.7 Å². The molecule has 0 amide bonds. The van der Waals surface area contributed by atoms with Gasteiger partial charge in [-0.2, -0.15) is 0 Å². The lowest BCUT2D eigenvalue weighted by atomic mass is 9.80. The molecule has 2 unspecified atom stereocenters. The van der Waals surface area contributed by atoms with Gasteiger partial charge in [-0.05, 0) is 49.3 Å². The van der Waals surface area contributed by atoms with E-state index < -0.39 is 10.0 Å². The van der Waals surface area contributed by atoms with Gasteiger partial charge in [0.25, 0.3) is 0 Å². The monoisotopic (exact) mass is 312 g/mol. The van der Waals surface area contributed by atoms with Crippen LogP contribution >= 0.6 is 0 Å². The molecule has 0 aliphatic heterocycles. The number of hydrogen-bond donors (Lipinski definition) is 3. The van der Waals surface area contributed by atoms with E-state index in [-0.39, 0.29) is 23.3 Å². The predicted molar refractivity (Wildman–Crippen MR) is 83.3 cm³/mol. The van der Waals surface area contributed by atoms with Crippen LogP contribution in [0.25, 0.3) is 0 Å². The van der Waals surface area contributed by atoms with Crippen molar-refractivity contribution < 1.29 is 13.5 Å². The summed E-state index contributed by atoms with van der Waals surface area (Å²) in [6, 6.07) is 4.89. The van der Waals surface area contributed by atoms with Crippen molar-refractivity contribution in [1.82, 2.24) is 4.72 Å². The van der Waals surface area contributed by atoms with Gasteiger partial charge in [-0.15, -0.1) is 0 Å². The van der Waals surface area contributed by atoms with Gasteiger partial charge < -0.3 is 10.8 Å². The number of hydrogen-bond acceptors (Lipinski definition) is 4. The second-order valence-corrected chi connectivity index (χ2v) is 7.60. The molecule has 1 fully saturated rings. The highest BCUT2D eigenvalue weighted by atomic mass is 32.2. The number of aliphatic hydroxyl groups is 1. The summed E-state index contributed by atoms with van der Waals surface area (Å²) in [6.45, 7) is 2.26. The van der Waals surface area contributed by atoms with Gasteiger partial charge in [0.2, 0.25) is 10.0 Å². The van der Waals surface area contributed by atoms with E-state index in [1.54, 1.807) is 19.1 Å². The zero-order valence-corrected chi connectivity index (χ0v) is 13.2. The Hall–Kier alpha value is -1.11. The number of nitrogen functional groups attached to an aromatic ring is 1. The molecule has 1 aliphatic carbocycles. The normalized spacial score (nSPS) is 23.1. The van der Waals surface area contributed by atoms with Gasteiger partial charge in [0.1, 0.15) is 0 Å². The van der Waals surface area contributed by atoms with Crippen LogP contribution in [0.1, 0.15) is 31.2 Å². The van der Waals surface area contributed by atoms with Crippen molar-refractivity contribution in [2.75, 3.05) is 18.9 Å². The van der Waals surface area contributed by atoms with Crippen molar-refractivity contribution in [2.45, 2.75) is 37.5 Å². The summed E-state index contributed by atoms with van der Waals surface area (Å²) in [5.74, 6) is 0.406. The fourth-order valence-corrected chi connectivity index (χ4v) is 4.37. The minimum Gasteiger partial charge on any atom is -0.399 e. The molecule has 0 saturated heterocycles. The molecular weight excluding hydrogens is 288 g/mol. The van der Waals surface area contributed by atoms with Crippen LogP contribution in [0.2, 0.25) is 0 Å². The Bertz CT molecular complexity index is 587. The summed E-state index contributed by atoms with van der Waals surface area (Å²) < 4.78 is 27.5. The van der Waals surface area contributed by atoms with Crippen molar-refractivity contribution in [3.05, 3.63) is 23.8 Å². The Kier molecular flexibility index (Phi) is 5.24. The number of aliphatic hydroxyl groups excluding tert-OH is 1. The highest BCUT2D eigenvalue weighted by molar-refractivity contribution is 7.89. The number of nitrogens with one attached hydrogen (secondary N) is 1. The molecule has 1 aliphatic rings. The summed E-state index contributed by atoms with van der Waals surface area (Å²) >= 11 is 0. The van der Waals surface area contributed by atoms with Crippen LogP contribution < -0.4 is 10.5 Å². The smallest absolute Gasteiger partial charge is 0.240 e. The average molecular weight is 312 g/mol. The molecule has 2 atom stereocenters. The van der Waals surface area contributed by atoms with Crippen LogP contribution in [-0.2, 0) is 10.0 Å². The van der Waals surface area contributed by atoms with E-state index in [1.807, 2.05) is 0 Å². The van der Waals surface area contributed by atoms with E-state index in [4.69, 9.17) is 5.73 Å². The molecule has 0 bridgehead atoms. The first-order valence-electron chi connectivity index (χ1n) is 7.40. The summed E-state index contributed by atoms with van der Waals surface area (Å²) in [4.78, 5) is 0.235. The zero-order chi connectivity index (χ0) is 15.5. The van der Waals surface area contributed by atoms with Gasteiger partial charge in [-0.1, -0.05) is 18.9 Å². The summed E-state index contributed by atoms with van der Waals surface area (Å²) in [6.07, 6.45) is 4.15. The molecule has 0 heterocycles. The Morgan fingerprint density at radius 1 is 1.29 bits per heavy atom. The lowest BCUT2D eigenvalue weighted by molar-refractivity contribution is 0.136. The summed E-state index contributed by atoms with van der Waals surface area (Å²) in [5.41, 5.74) is 6.80. The molecular formula is C15H24N2O3S. The van der Waals surface area contributed by atoms with Crippen molar-refractivity contribution in [1.29, 1.82) is 0 Å². The van der Waals surface area contributed by atoms with Gasteiger partial charge in [0, 0.05) is 18.8 Å². The topological polar surface area (TPSA) is 92.4 Å². The number of aryl methyl sites for hydroxylation is 1. The Morgan fingerprint density at radius 2 is 1.95 bits per heavy atom. The third-order valence-corrected chi connectivity index (χ3v) is 5.90. The molecule has 0 spiro atoms. The van der Waals surface area contributed by atoms with E-state index in [9.17, 15) is 13.5 Å². The highest BCUT2D eigenvalue weighted by Gasteiger charge is 2.26. The summed E-state index contributed by atoms with van der Waals surface area (Å²) in [5, 5.41) is 9.39. The molecule has 6 heteroatoms. The number of nitrogens with two attached hydrogens (primary N) is 1. The average Bonchev–Trinajstić information content (AvgIpc) is 2.48. The molecule has 0 radical (unpaired) electrons. The number of anilines is 1. The van der Waals surface area contributed by atoms with E-state index in [2.05, 4.69) is 4.72 Å². The van der Waals surface area contributed by atoms with E-state index in [0.29, 0.717) is 17.8 Å². The predicted octanol–water partition coefficient (Wildman–Crippen LogP) is 1.65. The first-order valence-corrected chi connectivity index (χ1v) is 8.89. The molecule has 21 heavy (non-hydrogen) atoms. The van der Waals surface area contributed by atoms with E-state index in [1.165, 1.54) is 6.07 Å². The Morgan fingerprint density at radius 3 is 2.62 bits per heavy atom. The van der Waals surface area contributed by atoms with Gasteiger partial charge in [0.05, 0.1) is 4.90 Å². The van der Waals surface area contributed by atoms with Crippen LogP contribution in [0, 0.1) is 18.8 Å². The molecule has 5 nitrogen and oxygen atoms in total. The number of rotatable bonds is 5. The van der Waals surface area contributed by atoms with Crippen LogP contribution in [0.4, 0.5) is 5.69 Å². The molecule has 1 aromatic rings. The fraction of sp³-hybridized carbons (Fsp3) is 0.600. The highest BCUT2D eigenvalue weighted by Crippen LogP contribution is 2.29.